The molecule has 1 aromatic heterocycles. The Morgan fingerprint density at radius 2 is 1.77 bits per heavy atom. The van der Waals surface area contributed by atoms with Gasteiger partial charge in [0.05, 0.1) is 12.7 Å². The standard InChI is InChI=1S/C19H17NO2/c1-14(19(21)22-2)17-13-20(12-15-8-4-3-5-9-15)18-11-7-6-10-16(17)18/h3-11,13H,1,12H2,2H3. The van der Waals surface area contributed by atoms with E-state index in [0.29, 0.717) is 5.57 Å². The van der Waals surface area contributed by atoms with Gasteiger partial charge in [0.2, 0.25) is 0 Å². The highest BCUT2D eigenvalue weighted by molar-refractivity contribution is 6.19. The molecular weight excluding hydrogens is 274 g/mol. The largest absolute Gasteiger partial charge is 0.465 e. The van der Waals surface area contributed by atoms with Gasteiger partial charge in [-0.05, 0) is 11.6 Å². The van der Waals surface area contributed by atoms with Gasteiger partial charge in [-0.15, -0.1) is 0 Å². The van der Waals surface area contributed by atoms with Crippen molar-refractivity contribution in [2.75, 3.05) is 7.11 Å². The molecule has 3 heteroatoms. The Bertz CT molecular complexity index is 831. The second-order valence-electron chi connectivity index (χ2n) is 5.14. The number of benzene rings is 2. The van der Waals surface area contributed by atoms with Crippen molar-refractivity contribution in [3.8, 4) is 0 Å². The SMILES string of the molecule is C=C(C(=O)OC)c1cn(Cc2ccccc2)c2ccccc12. The van der Waals surface area contributed by atoms with Crippen molar-refractivity contribution >= 4 is 22.4 Å². The number of carbonyl (C=O) groups excluding carboxylic acids is 1. The number of aromatic nitrogens is 1. The molecule has 0 atom stereocenters. The van der Waals surface area contributed by atoms with Crippen LogP contribution in [0.15, 0.2) is 67.4 Å². The minimum atomic E-state index is -0.400. The van der Waals surface area contributed by atoms with Gasteiger partial charge in [-0.3, -0.25) is 0 Å². The highest BCUT2D eigenvalue weighted by atomic mass is 16.5. The van der Waals surface area contributed by atoms with E-state index in [4.69, 9.17) is 4.74 Å². The zero-order valence-corrected chi connectivity index (χ0v) is 12.5. The van der Waals surface area contributed by atoms with Crippen LogP contribution in [0, 0.1) is 0 Å². The van der Waals surface area contributed by atoms with Crippen molar-refractivity contribution < 1.29 is 9.53 Å². The van der Waals surface area contributed by atoms with Gasteiger partial charge in [0.1, 0.15) is 0 Å². The van der Waals surface area contributed by atoms with Crippen molar-refractivity contribution in [2.45, 2.75) is 6.54 Å². The first kappa shape index (κ1) is 14.1. The van der Waals surface area contributed by atoms with Crippen molar-refractivity contribution in [1.82, 2.24) is 4.57 Å². The molecule has 0 aliphatic rings. The fraction of sp³-hybridized carbons (Fsp3) is 0.105. The first-order valence-electron chi connectivity index (χ1n) is 7.10. The number of ether oxygens (including phenoxy) is 1. The summed E-state index contributed by atoms with van der Waals surface area (Å²) in [6.45, 7) is 4.62. The molecule has 22 heavy (non-hydrogen) atoms. The van der Waals surface area contributed by atoms with Crippen LogP contribution in [0.3, 0.4) is 0 Å². The number of hydrogen-bond acceptors (Lipinski definition) is 2. The summed E-state index contributed by atoms with van der Waals surface area (Å²) in [6.07, 6.45) is 1.97. The average Bonchev–Trinajstić information content (AvgIpc) is 2.93. The molecule has 3 aromatic rings. The summed E-state index contributed by atoms with van der Waals surface area (Å²) in [6, 6.07) is 18.2. The molecule has 3 rings (SSSR count). The van der Waals surface area contributed by atoms with Crippen molar-refractivity contribution in [3.63, 3.8) is 0 Å². The van der Waals surface area contributed by atoms with Crippen LogP contribution in [0.4, 0.5) is 0 Å². The first-order valence-corrected chi connectivity index (χ1v) is 7.10. The first-order chi connectivity index (χ1) is 10.7. The van der Waals surface area contributed by atoms with Gasteiger partial charge in [0.15, 0.2) is 0 Å². The fourth-order valence-electron chi connectivity index (χ4n) is 2.63. The van der Waals surface area contributed by atoms with Gasteiger partial charge in [-0.2, -0.15) is 0 Å². The molecule has 0 saturated heterocycles. The predicted molar refractivity (Wildman–Crippen MR) is 88.5 cm³/mol. The number of carbonyl (C=O) groups is 1. The van der Waals surface area contributed by atoms with Crippen LogP contribution in [0.1, 0.15) is 11.1 Å². The van der Waals surface area contributed by atoms with Crippen LogP contribution < -0.4 is 0 Å². The number of nitrogens with zero attached hydrogens (tertiary/aromatic N) is 1. The average molecular weight is 291 g/mol. The normalized spacial score (nSPS) is 10.6. The molecule has 0 radical (unpaired) electrons. The Morgan fingerprint density at radius 1 is 1.09 bits per heavy atom. The van der Waals surface area contributed by atoms with Crippen molar-refractivity contribution in [3.05, 3.63) is 78.5 Å². The number of fused-ring (bicyclic) bond motifs is 1. The van der Waals surface area contributed by atoms with E-state index in [2.05, 4.69) is 23.3 Å². The van der Waals surface area contributed by atoms with E-state index in [1.807, 2.05) is 48.7 Å². The molecule has 0 spiro atoms. The Hall–Kier alpha value is -2.81. The van der Waals surface area contributed by atoms with E-state index in [-0.39, 0.29) is 0 Å². The summed E-state index contributed by atoms with van der Waals surface area (Å²) >= 11 is 0. The molecule has 1 heterocycles. The number of esters is 1. The smallest absolute Gasteiger partial charge is 0.337 e. The predicted octanol–water partition coefficient (Wildman–Crippen LogP) is 3.88. The lowest BCUT2D eigenvalue weighted by Gasteiger charge is -2.05. The molecule has 110 valence electrons. The van der Waals surface area contributed by atoms with E-state index in [9.17, 15) is 4.79 Å². The molecule has 0 N–H and O–H groups in total. The topological polar surface area (TPSA) is 31.2 Å². The van der Waals surface area contributed by atoms with Gasteiger partial charge in [0, 0.05) is 29.2 Å². The van der Waals surface area contributed by atoms with Crippen LogP contribution in [-0.2, 0) is 16.1 Å². The summed E-state index contributed by atoms with van der Waals surface area (Å²) < 4.78 is 6.93. The molecule has 0 aliphatic heterocycles. The third-order valence-electron chi connectivity index (χ3n) is 3.74. The highest BCUT2D eigenvalue weighted by Gasteiger charge is 2.16. The van der Waals surface area contributed by atoms with Crippen molar-refractivity contribution in [1.29, 1.82) is 0 Å². The fourth-order valence-corrected chi connectivity index (χ4v) is 2.63. The lowest BCUT2D eigenvalue weighted by atomic mass is 10.1. The zero-order valence-electron chi connectivity index (χ0n) is 12.5. The molecule has 3 nitrogen and oxygen atoms in total. The second-order valence-corrected chi connectivity index (χ2v) is 5.14. The van der Waals surface area contributed by atoms with E-state index in [0.717, 1.165) is 23.0 Å². The monoisotopic (exact) mass is 291 g/mol. The summed E-state index contributed by atoms with van der Waals surface area (Å²) in [4.78, 5) is 11.8. The molecule has 2 aromatic carbocycles. The van der Waals surface area contributed by atoms with Crippen LogP contribution in [0.5, 0.6) is 0 Å². The Balaban J connectivity index is 2.08. The molecule has 0 saturated carbocycles. The molecule has 0 bridgehead atoms. The minimum absolute atomic E-state index is 0.380. The van der Waals surface area contributed by atoms with E-state index in [1.165, 1.54) is 12.7 Å². The second kappa shape index (κ2) is 5.90. The van der Waals surface area contributed by atoms with Crippen LogP contribution in [0.2, 0.25) is 0 Å². The number of methoxy groups -OCH3 is 1. The summed E-state index contributed by atoms with van der Waals surface area (Å²) in [5.41, 5.74) is 3.48. The van der Waals surface area contributed by atoms with Gasteiger partial charge in [-0.25, -0.2) is 4.79 Å². The van der Waals surface area contributed by atoms with Gasteiger partial charge >= 0.3 is 5.97 Å². The number of hydrogen-bond donors (Lipinski definition) is 0. The molecule has 0 aliphatic carbocycles. The number of rotatable bonds is 4. The number of para-hydroxylation sites is 1. The molecular formula is C19H17NO2. The lowest BCUT2D eigenvalue weighted by Crippen LogP contribution is -2.02. The van der Waals surface area contributed by atoms with E-state index in [1.54, 1.807) is 0 Å². The van der Waals surface area contributed by atoms with Crippen LogP contribution >= 0.6 is 0 Å². The van der Waals surface area contributed by atoms with Gasteiger partial charge in [0.25, 0.3) is 0 Å². The van der Waals surface area contributed by atoms with Gasteiger partial charge < -0.3 is 9.30 Å². The van der Waals surface area contributed by atoms with Crippen LogP contribution in [0.25, 0.3) is 16.5 Å². The van der Waals surface area contributed by atoms with Crippen molar-refractivity contribution in [2.24, 2.45) is 0 Å². The highest BCUT2D eigenvalue weighted by Crippen LogP contribution is 2.27. The maximum absolute atomic E-state index is 11.8. The molecule has 0 amide bonds. The zero-order chi connectivity index (χ0) is 15.5. The lowest BCUT2D eigenvalue weighted by molar-refractivity contribution is -0.133. The van der Waals surface area contributed by atoms with Gasteiger partial charge in [-0.1, -0.05) is 55.1 Å². The molecule has 0 unspecified atom stereocenters. The molecule has 0 fully saturated rings. The maximum Gasteiger partial charge on any atom is 0.337 e. The minimum Gasteiger partial charge on any atom is -0.465 e. The Kier molecular flexibility index (Phi) is 3.79. The Labute approximate surface area is 129 Å². The van der Waals surface area contributed by atoms with E-state index < -0.39 is 5.97 Å². The Morgan fingerprint density at radius 3 is 2.50 bits per heavy atom. The maximum atomic E-state index is 11.8. The summed E-state index contributed by atoms with van der Waals surface area (Å²) in [7, 11) is 1.37. The summed E-state index contributed by atoms with van der Waals surface area (Å²) in [5, 5.41) is 1.01. The third-order valence-corrected chi connectivity index (χ3v) is 3.74. The summed E-state index contributed by atoms with van der Waals surface area (Å²) in [5.74, 6) is -0.400. The quantitative estimate of drug-likeness (QED) is 0.539. The van der Waals surface area contributed by atoms with E-state index >= 15 is 0 Å². The third kappa shape index (κ3) is 2.53. The van der Waals surface area contributed by atoms with Crippen LogP contribution in [-0.4, -0.2) is 17.6 Å².